The van der Waals surface area contributed by atoms with Gasteiger partial charge in [-0.1, -0.05) is 0 Å². The van der Waals surface area contributed by atoms with Crippen molar-refractivity contribution in [2.45, 2.75) is 58.0 Å². The zero-order chi connectivity index (χ0) is 21.3. The summed E-state index contributed by atoms with van der Waals surface area (Å²) < 4.78 is 30.9. The fourth-order valence-electron chi connectivity index (χ4n) is 3.77. The lowest BCUT2D eigenvalue weighted by Gasteiger charge is -2.31. The number of carbonyl (C=O) groups is 1. The first kappa shape index (κ1) is 21.5. The van der Waals surface area contributed by atoms with Crippen LogP contribution in [0.15, 0.2) is 17.3 Å². The van der Waals surface area contributed by atoms with Crippen molar-refractivity contribution in [1.82, 2.24) is 29.2 Å². The molecule has 1 aliphatic heterocycles. The van der Waals surface area contributed by atoms with Gasteiger partial charge in [0.1, 0.15) is 4.90 Å². The Morgan fingerprint density at radius 3 is 2.69 bits per heavy atom. The lowest BCUT2D eigenvalue weighted by atomic mass is 9.98. The number of carbonyl (C=O) groups excluding carboxylic acids is 1. The predicted octanol–water partition coefficient (Wildman–Crippen LogP) is 1.53. The summed E-state index contributed by atoms with van der Waals surface area (Å²) in [6.45, 7) is 8.97. The summed E-state index contributed by atoms with van der Waals surface area (Å²) in [5.41, 5.74) is 2.46. The van der Waals surface area contributed by atoms with Gasteiger partial charge in [0, 0.05) is 38.4 Å². The third kappa shape index (κ3) is 4.23. The van der Waals surface area contributed by atoms with E-state index in [1.807, 2.05) is 31.6 Å². The molecular weight excluding hydrogens is 392 g/mol. The molecule has 0 unspecified atom stereocenters. The topological polar surface area (TPSA) is 102 Å². The first-order valence-electron chi connectivity index (χ1n) is 9.98. The van der Waals surface area contributed by atoms with E-state index in [4.69, 9.17) is 0 Å². The normalized spacial score (nSPS) is 19.3. The van der Waals surface area contributed by atoms with Crippen molar-refractivity contribution in [3.05, 3.63) is 29.3 Å². The van der Waals surface area contributed by atoms with Crippen LogP contribution in [0.5, 0.6) is 0 Å². The Bertz CT molecular complexity index is 994. The zero-order valence-electron chi connectivity index (χ0n) is 17.7. The van der Waals surface area contributed by atoms with Crippen LogP contribution >= 0.6 is 0 Å². The lowest BCUT2D eigenvalue weighted by molar-refractivity contribution is -0.126. The third-order valence-electron chi connectivity index (χ3n) is 5.70. The Hall–Kier alpha value is -2.20. The van der Waals surface area contributed by atoms with Gasteiger partial charge in [0.05, 0.1) is 29.5 Å². The summed E-state index contributed by atoms with van der Waals surface area (Å²) in [7, 11) is -1.96. The van der Waals surface area contributed by atoms with Crippen molar-refractivity contribution in [2.75, 3.05) is 13.1 Å². The van der Waals surface area contributed by atoms with Crippen LogP contribution in [-0.2, 0) is 28.4 Å². The predicted molar refractivity (Wildman–Crippen MR) is 109 cm³/mol. The minimum absolute atomic E-state index is 0.121. The van der Waals surface area contributed by atoms with E-state index < -0.39 is 10.0 Å². The Labute approximate surface area is 172 Å². The molecule has 2 aromatic heterocycles. The van der Waals surface area contributed by atoms with Gasteiger partial charge in [0.15, 0.2) is 0 Å². The molecule has 160 valence electrons. The van der Waals surface area contributed by atoms with E-state index in [1.54, 1.807) is 18.7 Å². The van der Waals surface area contributed by atoms with Crippen LogP contribution in [0.3, 0.4) is 0 Å². The second kappa shape index (κ2) is 8.27. The summed E-state index contributed by atoms with van der Waals surface area (Å²) in [6.07, 6.45) is 4.65. The summed E-state index contributed by atoms with van der Waals surface area (Å²) in [4.78, 5) is 13.1. The highest BCUT2D eigenvalue weighted by molar-refractivity contribution is 7.89. The average molecular weight is 423 g/mol. The van der Waals surface area contributed by atoms with Crippen molar-refractivity contribution in [3.8, 4) is 0 Å². The maximum Gasteiger partial charge on any atom is 0.246 e. The van der Waals surface area contributed by atoms with E-state index in [2.05, 4.69) is 15.5 Å². The number of sulfonamides is 1. The van der Waals surface area contributed by atoms with E-state index in [0.29, 0.717) is 25.1 Å². The van der Waals surface area contributed by atoms with Gasteiger partial charge in [-0.2, -0.15) is 14.5 Å². The number of aromatic nitrogens is 4. The molecule has 3 heterocycles. The maximum atomic E-state index is 13.0. The van der Waals surface area contributed by atoms with E-state index in [1.165, 1.54) is 10.5 Å². The molecule has 2 atom stereocenters. The SMILES string of the molecule is CCn1cc([C@@H](C)NC(=O)[C@@H]2CCCN(S(=O)(=O)c3cnn(C)c3C)C2)c(C)n1. The van der Waals surface area contributed by atoms with Gasteiger partial charge in [-0.3, -0.25) is 14.2 Å². The molecule has 10 heteroatoms. The van der Waals surface area contributed by atoms with Crippen LogP contribution in [0.2, 0.25) is 0 Å². The number of piperidine rings is 1. The third-order valence-corrected chi connectivity index (χ3v) is 7.66. The molecule has 1 fully saturated rings. The van der Waals surface area contributed by atoms with Crippen LogP contribution < -0.4 is 5.32 Å². The minimum atomic E-state index is -3.67. The number of amides is 1. The van der Waals surface area contributed by atoms with Crippen LogP contribution in [0, 0.1) is 19.8 Å². The molecule has 0 aliphatic carbocycles. The van der Waals surface area contributed by atoms with Crippen molar-refractivity contribution < 1.29 is 13.2 Å². The van der Waals surface area contributed by atoms with Crippen LogP contribution in [-0.4, -0.2) is 51.3 Å². The number of hydrogen-bond acceptors (Lipinski definition) is 5. The smallest absolute Gasteiger partial charge is 0.246 e. The molecule has 1 amide bonds. The summed E-state index contributed by atoms with van der Waals surface area (Å²) in [5, 5.41) is 11.5. The number of aryl methyl sites for hydroxylation is 3. The first-order valence-corrected chi connectivity index (χ1v) is 11.4. The van der Waals surface area contributed by atoms with E-state index in [9.17, 15) is 13.2 Å². The van der Waals surface area contributed by atoms with Crippen molar-refractivity contribution in [1.29, 1.82) is 0 Å². The van der Waals surface area contributed by atoms with Gasteiger partial charge in [-0.25, -0.2) is 8.42 Å². The number of nitrogens with one attached hydrogen (secondary N) is 1. The lowest BCUT2D eigenvalue weighted by Crippen LogP contribution is -2.45. The van der Waals surface area contributed by atoms with Crippen molar-refractivity contribution >= 4 is 15.9 Å². The van der Waals surface area contributed by atoms with Gasteiger partial charge in [-0.15, -0.1) is 0 Å². The van der Waals surface area contributed by atoms with Gasteiger partial charge < -0.3 is 5.32 Å². The summed E-state index contributed by atoms with van der Waals surface area (Å²) in [6, 6.07) is -0.185. The molecule has 0 spiro atoms. The zero-order valence-corrected chi connectivity index (χ0v) is 18.5. The molecule has 9 nitrogen and oxygen atoms in total. The second-order valence-electron chi connectivity index (χ2n) is 7.68. The second-order valence-corrected chi connectivity index (χ2v) is 9.58. The number of rotatable bonds is 6. The molecule has 1 saturated heterocycles. The molecule has 0 saturated carbocycles. The van der Waals surface area contributed by atoms with Gasteiger partial charge >= 0.3 is 0 Å². The Kier molecular flexibility index (Phi) is 6.13. The Morgan fingerprint density at radius 2 is 2.10 bits per heavy atom. The van der Waals surface area contributed by atoms with Crippen LogP contribution in [0.4, 0.5) is 0 Å². The van der Waals surface area contributed by atoms with E-state index >= 15 is 0 Å². The average Bonchev–Trinajstić information content (AvgIpc) is 3.24. The van der Waals surface area contributed by atoms with E-state index in [-0.39, 0.29) is 29.3 Å². The molecule has 0 aromatic carbocycles. The van der Waals surface area contributed by atoms with Gasteiger partial charge in [0.2, 0.25) is 15.9 Å². The molecule has 29 heavy (non-hydrogen) atoms. The standard InChI is InChI=1S/C19H30N6O3S/c1-6-24-12-17(14(3)22-24)13(2)21-19(26)16-8-7-9-25(11-16)29(27,28)18-10-20-23(5)15(18)4/h10,12-13,16H,6-9,11H2,1-5H3,(H,21,26)/t13-,16-/m1/s1. The highest BCUT2D eigenvalue weighted by Gasteiger charge is 2.35. The fraction of sp³-hybridized carbons (Fsp3) is 0.632. The van der Waals surface area contributed by atoms with Crippen LogP contribution in [0.1, 0.15) is 49.7 Å². The van der Waals surface area contributed by atoms with Gasteiger partial charge in [-0.05, 0) is 40.5 Å². The molecule has 1 aliphatic rings. The van der Waals surface area contributed by atoms with Crippen molar-refractivity contribution in [3.63, 3.8) is 0 Å². The molecule has 1 N–H and O–H groups in total. The van der Waals surface area contributed by atoms with Crippen LogP contribution in [0.25, 0.3) is 0 Å². The monoisotopic (exact) mass is 422 g/mol. The molecule has 0 radical (unpaired) electrons. The number of nitrogens with zero attached hydrogens (tertiary/aromatic N) is 5. The van der Waals surface area contributed by atoms with E-state index in [0.717, 1.165) is 17.8 Å². The fourth-order valence-corrected chi connectivity index (χ4v) is 5.48. The molecular formula is C19H30N6O3S. The van der Waals surface area contributed by atoms with Gasteiger partial charge in [0.25, 0.3) is 0 Å². The highest BCUT2D eigenvalue weighted by Crippen LogP contribution is 2.26. The van der Waals surface area contributed by atoms with Crippen molar-refractivity contribution in [2.24, 2.45) is 13.0 Å². The number of hydrogen-bond donors (Lipinski definition) is 1. The highest BCUT2D eigenvalue weighted by atomic mass is 32.2. The Morgan fingerprint density at radius 1 is 1.38 bits per heavy atom. The minimum Gasteiger partial charge on any atom is -0.349 e. The Balaban J connectivity index is 1.70. The largest absolute Gasteiger partial charge is 0.349 e. The summed E-state index contributed by atoms with van der Waals surface area (Å²) in [5.74, 6) is -0.497. The molecule has 0 bridgehead atoms. The molecule has 3 rings (SSSR count). The quantitative estimate of drug-likeness (QED) is 0.761. The summed E-state index contributed by atoms with van der Waals surface area (Å²) >= 11 is 0. The maximum absolute atomic E-state index is 13.0. The molecule has 2 aromatic rings. The first-order chi connectivity index (χ1) is 13.6.